The third-order valence-electron chi connectivity index (χ3n) is 2.53. The van der Waals surface area contributed by atoms with Crippen LogP contribution in [0.5, 0.6) is 0 Å². The van der Waals surface area contributed by atoms with Crippen LogP contribution < -0.4 is 5.73 Å². The van der Waals surface area contributed by atoms with Crippen LogP contribution in [0.4, 0.5) is 0 Å². The predicted molar refractivity (Wildman–Crippen MR) is 49.8 cm³/mol. The van der Waals surface area contributed by atoms with Gasteiger partial charge in [0.05, 0.1) is 6.54 Å². The molecule has 8 nitrogen and oxygen atoms in total. The summed E-state index contributed by atoms with van der Waals surface area (Å²) in [5, 5.41) is 26.2. The average Bonchev–Trinajstić information content (AvgIpc) is 2.43. The Labute approximate surface area is 90.3 Å². The molecule has 0 amide bonds. The zero-order valence-electron chi connectivity index (χ0n) is 8.29. The summed E-state index contributed by atoms with van der Waals surface area (Å²) in [6.07, 6.45) is -0.301. The van der Waals surface area contributed by atoms with Crippen molar-refractivity contribution in [3.8, 4) is 0 Å². The van der Waals surface area contributed by atoms with Crippen molar-refractivity contribution in [1.29, 1.82) is 0 Å². The van der Waals surface area contributed by atoms with E-state index >= 15 is 0 Å². The number of carbonyl (C=O) groups is 3. The van der Waals surface area contributed by atoms with Crippen molar-refractivity contribution in [1.82, 2.24) is 4.90 Å². The van der Waals surface area contributed by atoms with E-state index in [1.807, 2.05) is 0 Å². The van der Waals surface area contributed by atoms with Crippen molar-refractivity contribution in [2.24, 2.45) is 5.73 Å². The Morgan fingerprint density at radius 3 is 2.25 bits per heavy atom. The highest BCUT2D eigenvalue weighted by atomic mass is 16.4. The summed E-state index contributed by atoms with van der Waals surface area (Å²) in [6.45, 7) is -0.825. The Balaban J connectivity index is 2.87. The van der Waals surface area contributed by atoms with E-state index in [9.17, 15) is 14.4 Å². The van der Waals surface area contributed by atoms with Gasteiger partial charge in [-0.3, -0.25) is 19.3 Å². The van der Waals surface area contributed by atoms with Gasteiger partial charge in [0.25, 0.3) is 0 Å². The van der Waals surface area contributed by atoms with Crippen LogP contribution in [0.1, 0.15) is 6.42 Å². The topological polar surface area (TPSA) is 141 Å². The van der Waals surface area contributed by atoms with Gasteiger partial charge in [-0.05, 0) is 0 Å². The first kappa shape index (κ1) is 12.4. The molecule has 0 aromatic carbocycles. The van der Waals surface area contributed by atoms with E-state index in [4.69, 9.17) is 21.1 Å². The van der Waals surface area contributed by atoms with Gasteiger partial charge in [0, 0.05) is 13.0 Å². The highest BCUT2D eigenvalue weighted by Crippen LogP contribution is 2.25. The Morgan fingerprint density at radius 2 is 1.88 bits per heavy atom. The summed E-state index contributed by atoms with van der Waals surface area (Å²) in [6, 6.07) is -1.17. The zero-order valence-corrected chi connectivity index (χ0v) is 8.29. The van der Waals surface area contributed by atoms with Gasteiger partial charge in [0.15, 0.2) is 0 Å². The first-order valence-corrected chi connectivity index (χ1v) is 4.47. The summed E-state index contributed by atoms with van der Waals surface area (Å²) in [5.74, 6) is -3.82. The second-order valence-electron chi connectivity index (χ2n) is 3.82. The highest BCUT2D eigenvalue weighted by molar-refractivity contribution is 5.84. The standard InChI is InChI=1S/C8H12N2O6/c9-8(7(15)16)1-4(6(13)14)10(3-8)2-5(11)12/h4H,1-3,9H2,(H,11,12)(H,13,14)(H,15,16)/t4-,8-/m0/s1. The van der Waals surface area contributed by atoms with Crippen molar-refractivity contribution in [3.63, 3.8) is 0 Å². The molecular weight excluding hydrogens is 220 g/mol. The minimum atomic E-state index is -1.70. The Morgan fingerprint density at radius 1 is 1.31 bits per heavy atom. The van der Waals surface area contributed by atoms with Gasteiger partial charge in [-0.15, -0.1) is 0 Å². The monoisotopic (exact) mass is 232 g/mol. The largest absolute Gasteiger partial charge is 0.480 e. The average molecular weight is 232 g/mol. The van der Waals surface area contributed by atoms with Gasteiger partial charge in [0.2, 0.25) is 0 Å². The third-order valence-corrected chi connectivity index (χ3v) is 2.53. The lowest BCUT2D eigenvalue weighted by Gasteiger charge is -2.19. The number of aliphatic carboxylic acids is 3. The van der Waals surface area contributed by atoms with Crippen LogP contribution in [-0.2, 0) is 14.4 Å². The molecule has 1 aliphatic heterocycles. The lowest BCUT2D eigenvalue weighted by Crippen LogP contribution is -2.50. The molecule has 0 aromatic rings. The molecule has 1 saturated heterocycles. The molecule has 1 fully saturated rings. The summed E-state index contributed by atoms with van der Waals surface area (Å²) >= 11 is 0. The fourth-order valence-electron chi connectivity index (χ4n) is 1.75. The first-order valence-electron chi connectivity index (χ1n) is 4.47. The fourth-order valence-corrected chi connectivity index (χ4v) is 1.75. The molecule has 0 bridgehead atoms. The van der Waals surface area contributed by atoms with Crippen LogP contribution in [0.3, 0.4) is 0 Å². The number of nitrogens with zero attached hydrogens (tertiary/aromatic N) is 1. The van der Waals surface area contributed by atoms with Crippen LogP contribution in [0.25, 0.3) is 0 Å². The lowest BCUT2D eigenvalue weighted by atomic mass is 9.98. The maximum absolute atomic E-state index is 10.8. The van der Waals surface area contributed by atoms with Crippen molar-refractivity contribution in [3.05, 3.63) is 0 Å². The molecule has 1 aliphatic rings. The van der Waals surface area contributed by atoms with E-state index in [0.717, 1.165) is 4.90 Å². The molecule has 0 saturated carbocycles. The van der Waals surface area contributed by atoms with Crippen LogP contribution in [-0.4, -0.2) is 62.8 Å². The molecule has 16 heavy (non-hydrogen) atoms. The molecular formula is C8H12N2O6. The molecule has 0 unspecified atom stereocenters. The molecule has 90 valence electrons. The van der Waals surface area contributed by atoms with Crippen LogP contribution in [0, 0.1) is 0 Å². The number of carboxylic acid groups (broad SMARTS) is 3. The number of rotatable bonds is 4. The quantitative estimate of drug-likeness (QED) is 0.436. The van der Waals surface area contributed by atoms with Crippen LogP contribution >= 0.6 is 0 Å². The third kappa shape index (κ3) is 2.28. The molecule has 0 radical (unpaired) electrons. The van der Waals surface area contributed by atoms with Crippen molar-refractivity contribution >= 4 is 17.9 Å². The molecule has 8 heteroatoms. The Bertz CT molecular complexity index is 343. The van der Waals surface area contributed by atoms with E-state index in [1.165, 1.54) is 0 Å². The molecule has 5 N–H and O–H groups in total. The highest BCUT2D eigenvalue weighted by Gasteiger charge is 2.49. The first-order chi connectivity index (χ1) is 7.26. The molecule has 1 heterocycles. The van der Waals surface area contributed by atoms with Gasteiger partial charge in [-0.2, -0.15) is 0 Å². The number of hydrogen-bond donors (Lipinski definition) is 4. The fraction of sp³-hybridized carbons (Fsp3) is 0.625. The van der Waals surface area contributed by atoms with Gasteiger partial charge in [0.1, 0.15) is 11.6 Å². The lowest BCUT2D eigenvalue weighted by molar-refractivity contribution is -0.145. The maximum atomic E-state index is 10.8. The van der Waals surface area contributed by atoms with Gasteiger partial charge >= 0.3 is 17.9 Å². The van der Waals surface area contributed by atoms with E-state index < -0.39 is 36.0 Å². The van der Waals surface area contributed by atoms with Crippen LogP contribution in [0.15, 0.2) is 0 Å². The Kier molecular flexibility index (Phi) is 3.15. The molecule has 1 rings (SSSR count). The SMILES string of the molecule is N[C@@]1(C(=O)O)C[C@@H](C(=O)O)N(CC(=O)O)C1. The summed E-state index contributed by atoms with van der Waals surface area (Å²) in [7, 11) is 0. The minimum Gasteiger partial charge on any atom is -0.480 e. The number of carboxylic acids is 3. The molecule has 0 spiro atoms. The van der Waals surface area contributed by atoms with E-state index in [2.05, 4.69) is 0 Å². The smallest absolute Gasteiger partial charge is 0.325 e. The van der Waals surface area contributed by atoms with Gasteiger partial charge < -0.3 is 21.1 Å². The normalized spacial score (nSPS) is 30.2. The number of likely N-dealkylation sites (tertiary alicyclic amines) is 1. The summed E-state index contributed by atoms with van der Waals surface area (Å²) in [4.78, 5) is 33.2. The van der Waals surface area contributed by atoms with Crippen molar-refractivity contribution in [2.45, 2.75) is 18.0 Å². The predicted octanol–water partition coefficient (Wildman–Crippen LogP) is -1.99. The number of hydrogen-bond acceptors (Lipinski definition) is 5. The summed E-state index contributed by atoms with van der Waals surface area (Å²) < 4.78 is 0. The van der Waals surface area contributed by atoms with Crippen molar-refractivity contribution in [2.75, 3.05) is 13.1 Å². The van der Waals surface area contributed by atoms with Crippen LogP contribution in [0.2, 0.25) is 0 Å². The van der Waals surface area contributed by atoms with Gasteiger partial charge in [-0.1, -0.05) is 0 Å². The van der Waals surface area contributed by atoms with E-state index in [-0.39, 0.29) is 13.0 Å². The minimum absolute atomic E-state index is 0.286. The molecule has 0 aliphatic carbocycles. The Hall–Kier alpha value is -1.67. The second-order valence-corrected chi connectivity index (χ2v) is 3.82. The van der Waals surface area contributed by atoms with Crippen molar-refractivity contribution < 1.29 is 29.7 Å². The molecule has 0 aromatic heterocycles. The molecule has 2 atom stereocenters. The van der Waals surface area contributed by atoms with E-state index in [0.29, 0.717) is 0 Å². The summed E-state index contributed by atoms with van der Waals surface area (Å²) in [5.41, 5.74) is 3.80. The van der Waals surface area contributed by atoms with E-state index in [1.54, 1.807) is 0 Å². The zero-order chi connectivity index (χ0) is 12.5. The van der Waals surface area contributed by atoms with Gasteiger partial charge in [-0.25, -0.2) is 0 Å². The maximum Gasteiger partial charge on any atom is 0.325 e. The second kappa shape index (κ2) is 4.06. The number of nitrogens with two attached hydrogens (primary N) is 1.